The molecular weight excluding hydrogens is 548 g/mol. The van der Waals surface area contributed by atoms with Gasteiger partial charge in [0.05, 0.1) is 39.6 Å². The SMILES string of the molecule is O=C(c1ccccc1)c1cc2cc(c1)C(=O)c1ccc(cc1)OCCOCCOCCOCCOc1ccc(cc1)C2=O. The fraction of sp³-hybridized carbons (Fsp3) is 0.229. The first-order valence-electron chi connectivity index (χ1n) is 14.1. The second-order valence-corrected chi connectivity index (χ2v) is 9.74. The van der Waals surface area contributed by atoms with Crippen LogP contribution in [-0.4, -0.2) is 70.2 Å². The van der Waals surface area contributed by atoms with Crippen LogP contribution in [0.15, 0.2) is 97.1 Å². The maximum atomic E-state index is 13.6. The highest BCUT2D eigenvalue weighted by Crippen LogP contribution is 2.23. The van der Waals surface area contributed by atoms with E-state index in [2.05, 4.69) is 0 Å². The van der Waals surface area contributed by atoms with Crippen LogP contribution in [0, 0.1) is 0 Å². The van der Waals surface area contributed by atoms with Gasteiger partial charge in [-0.05, 0) is 66.7 Å². The Hall–Kier alpha value is -4.63. The van der Waals surface area contributed by atoms with Crippen LogP contribution < -0.4 is 9.47 Å². The third kappa shape index (κ3) is 8.23. The van der Waals surface area contributed by atoms with Crippen LogP contribution in [0.5, 0.6) is 11.5 Å². The van der Waals surface area contributed by atoms with Gasteiger partial charge >= 0.3 is 0 Å². The molecule has 8 heteroatoms. The molecule has 3 aliphatic rings. The van der Waals surface area contributed by atoms with Crippen molar-refractivity contribution in [1.29, 1.82) is 0 Å². The predicted molar refractivity (Wildman–Crippen MR) is 160 cm³/mol. The second-order valence-electron chi connectivity index (χ2n) is 9.74. The van der Waals surface area contributed by atoms with Crippen molar-refractivity contribution in [3.8, 4) is 11.5 Å². The quantitative estimate of drug-likeness (QED) is 0.299. The van der Waals surface area contributed by atoms with Gasteiger partial charge in [-0.25, -0.2) is 0 Å². The summed E-state index contributed by atoms with van der Waals surface area (Å²) in [4.78, 5) is 40.6. The van der Waals surface area contributed by atoms with Gasteiger partial charge in [0.15, 0.2) is 17.3 Å². The summed E-state index contributed by atoms with van der Waals surface area (Å²) in [7, 11) is 0. The van der Waals surface area contributed by atoms with Crippen molar-refractivity contribution < 1.29 is 38.1 Å². The summed E-state index contributed by atoms with van der Waals surface area (Å²) in [6.45, 7) is 3.22. The van der Waals surface area contributed by atoms with Gasteiger partial charge in [0.25, 0.3) is 0 Å². The first-order valence-corrected chi connectivity index (χ1v) is 14.1. The van der Waals surface area contributed by atoms with Crippen LogP contribution in [0.1, 0.15) is 47.8 Å². The maximum Gasteiger partial charge on any atom is 0.193 e. The largest absolute Gasteiger partial charge is 0.491 e. The Balaban J connectivity index is 1.44. The van der Waals surface area contributed by atoms with Crippen molar-refractivity contribution in [1.82, 2.24) is 0 Å². The number of hydrogen-bond acceptors (Lipinski definition) is 8. The zero-order valence-electron chi connectivity index (χ0n) is 23.7. The molecule has 7 rings (SSSR count). The molecule has 0 fully saturated rings. The minimum atomic E-state index is -0.320. The van der Waals surface area contributed by atoms with Gasteiger partial charge in [0, 0.05) is 33.4 Å². The van der Waals surface area contributed by atoms with Gasteiger partial charge < -0.3 is 23.7 Å². The van der Waals surface area contributed by atoms with E-state index < -0.39 is 0 Å². The van der Waals surface area contributed by atoms with Crippen molar-refractivity contribution in [2.45, 2.75) is 0 Å². The molecule has 4 aromatic rings. The molecule has 0 saturated heterocycles. The van der Waals surface area contributed by atoms with Crippen molar-refractivity contribution in [3.05, 3.63) is 130 Å². The molecule has 43 heavy (non-hydrogen) atoms. The minimum absolute atomic E-state index is 0.232. The third-order valence-electron chi connectivity index (χ3n) is 6.73. The maximum absolute atomic E-state index is 13.6. The van der Waals surface area contributed by atoms with Crippen LogP contribution in [0.2, 0.25) is 0 Å². The van der Waals surface area contributed by atoms with Gasteiger partial charge in [-0.3, -0.25) is 14.4 Å². The van der Waals surface area contributed by atoms with E-state index in [0.717, 1.165) is 0 Å². The molecule has 220 valence electrons. The van der Waals surface area contributed by atoms with Crippen molar-refractivity contribution in [3.63, 3.8) is 0 Å². The zero-order valence-corrected chi connectivity index (χ0v) is 23.7. The van der Waals surface area contributed by atoms with Gasteiger partial charge in [0.2, 0.25) is 0 Å². The molecule has 0 spiro atoms. The lowest BCUT2D eigenvalue weighted by Crippen LogP contribution is -2.14. The lowest BCUT2D eigenvalue weighted by molar-refractivity contribution is 0.00499. The lowest BCUT2D eigenvalue weighted by Gasteiger charge is -2.11. The van der Waals surface area contributed by atoms with Crippen LogP contribution >= 0.6 is 0 Å². The first kappa shape index (κ1) is 29.8. The van der Waals surface area contributed by atoms with Crippen LogP contribution in [0.3, 0.4) is 0 Å². The van der Waals surface area contributed by atoms with E-state index in [-0.39, 0.29) is 34.0 Å². The lowest BCUT2D eigenvalue weighted by atomic mass is 9.92. The standard InChI is InChI=1S/C35H32O8/c36-33(25-4-2-1-3-5-25)28-22-29-24-30(23-28)35(38)27-8-12-32(13-9-27)43-21-19-41-17-15-39-14-16-40-18-20-42-31-10-6-26(7-11-31)34(29)37/h1-13,22-24H,14-21H2. The molecule has 0 N–H and O–H groups in total. The van der Waals surface area contributed by atoms with Gasteiger partial charge in [-0.2, -0.15) is 0 Å². The smallest absolute Gasteiger partial charge is 0.193 e. The van der Waals surface area contributed by atoms with E-state index in [4.69, 9.17) is 23.7 Å². The van der Waals surface area contributed by atoms with E-state index >= 15 is 0 Å². The average molecular weight is 581 g/mol. The Morgan fingerprint density at radius 1 is 0.442 bits per heavy atom. The molecule has 0 saturated carbocycles. The molecule has 0 aromatic heterocycles. The molecule has 0 atom stereocenters. The number of rotatable bonds is 2. The Labute approximate surface area is 250 Å². The number of ether oxygens (including phenoxy) is 5. The molecule has 4 aromatic carbocycles. The van der Waals surface area contributed by atoms with Gasteiger partial charge in [-0.1, -0.05) is 30.3 Å². The number of benzene rings is 4. The number of carbonyl (C=O) groups is 3. The number of ketones is 3. The summed E-state index contributed by atoms with van der Waals surface area (Å²) in [5, 5.41) is 0. The Morgan fingerprint density at radius 2 is 0.860 bits per heavy atom. The third-order valence-corrected chi connectivity index (χ3v) is 6.73. The summed E-state index contributed by atoms with van der Waals surface area (Å²) in [6, 6.07) is 26.8. The Bertz CT molecular complexity index is 1440. The molecular formula is C35H32O8. The Kier molecular flexibility index (Phi) is 10.4. The van der Waals surface area contributed by atoms with Gasteiger partial charge in [0.1, 0.15) is 24.7 Å². The highest BCUT2D eigenvalue weighted by Gasteiger charge is 2.19. The summed E-state index contributed by atoms with van der Waals surface area (Å²) >= 11 is 0. The summed E-state index contributed by atoms with van der Waals surface area (Å²) in [6.07, 6.45) is 0. The van der Waals surface area contributed by atoms with Crippen molar-refractivity contribution in [2.75, 3.05) is 52.9 Å². The average Bonchev–Trinajstić information content (AvgIpc) is 3.06. The molecule has 6 bridgehead atoms. The van der Waals surface area contributed by atoms with Crippen LogP contribution in [0.25, 0.3) is 0 Å². The molecule has 3 heterocycles. The normalized spacial score (nSPS) is 15.4. The van der Waals surface area contributed by atoms with E-state index in [9.17, 15) is 14.4 Å². The minimum Gasteiger partial charge on any atom is -0.491 e. The molecule has 0 radical (unpaired) electrons. The summed E-state index contributed by atoms with van der Waals surface area (Å²) in [5.41, 5.74) is 1.97. The van der Waals surface area contributed by atoms with Crippen LogP contribution in [0.4, 0.5) is 0 Å². The molecule has 0 unspecified atom stereocenters. The number of carbonyl (C=O) groups excluding carboxylic acids is 3. The van der Waals surface area contributed by atoms with Crippen LogP contribution in [-0.2, 0) is 14.2 Å². The fourth-order valence-electron chi connectivity index (χ4n) is 4.49. The van der Waals surface area contributed by atoms with Crippen molar-refractivity contribution in [2.24, 2.45) is 0 Å². The molecule has 0 amide bonds. The predicted octanol–water partition coefficient (Wildman–Crippen LogP) is 5.20. The number of fused-ring (bicyclic) bond motifs is 2. The van der Waals surface area contributed by atoms with Crippen molar-refractivity contribution >= 4 is 17.3 Å². The van der Waals surface area contributed by atoms with E-state index in [0.29, 0.717) is 81.0 Å². The molecule has 3 aliphatic heterocycles. The van der Waals surface area contributed by atoms with E-state index in [1.54, 1.807) is 72.8 Å². The van der Waals surface area contributed by atoms with E-state index in [1.165, 1.54) is 18.2 Å². The van der Waals surface area contributed by atoms with E-state index in [1.807, 2.05) is 6.07 Å². The number of hydrogen-bond donors (Lipinski definition) is 0. The van der Waals surface area contributed by atoms with Gasteiger partial charge in [-0.15, -0.1) is 0 Å². The summed E-state index contributed by atoms with van der Waals surface area (Å²) in [5.74, 6) is 0.253. The second kappa shape index (κ2) is 15.0. The Morgan fingerprint density at radius 3 is 1.30 bits per heavy atom. The summed E-state index contributed by atoms with van der Waals surface area (Å²) < 4.78 is 28.0. The highest BCUT2D eigenvalue weighted by atomic mass is 16.6. The monoisotopic (exact) mass is 580 g/mol. The molecule has 8 nitrogen and oxygen atoms in total. The topological polar surface area (TPSA) is 97.4 Å². The zero-order chi connectivity index (χ0) is 29.9. The first-order chi connectivity index (χ1) is 21.1. The fourth-order valence-corrected chi connectivity index (χ4v) is 4.49. The highest BCUT2D eigenvalue weighted by molar-refractivity contribution is 6.17. The molecule has 0 aliphatic carbocycles.